The van der Waals surface area contributed by atoms with E-state index in [0.29, 0.717) is 24.7 Å². The van der Waals surface area contributed by atoms with Crippen LogP contribution in [0.3, 0.4) is 0 Å². The molecule has 1 amide bonds. The van der Waals surface area contributed by atoms with Gasteiger partial charge in [-0.15, -0.1) is 0 Å². The first kappa shape index (κ1) is 30.1. The molecule has 0 aliphatic rings. The molecule has 0 aromatic heterocycles. The molecule has 0 saturated heterocycles. The van der Waals surface area contributed by atoms with E-state index < -0.39 is 0 Å². The van der Waals surface area contributed by atoms with Gasteiger partial charge in [-0.05, 0) is 65.2 Å². The number of hydrogen-bond acceptors (Lipinski definition) is 5. The molecule has 214 valence electrons. The molecule has 4 aromatic rings. The molecule has 0 aliphatic heterocycles. The minimum atomic E-state index is -0.360. The third kappa shape index (κ3) is 9.94. The highest BCUT2D eigenvalue weighted by atomic mass is 79.9. The smallest absolute Gasteiger partial charge is 0.277 e. The molecule has 4 rings (SSSR count). The zero-order valence-electron chi connectivity index (χ0n) is 23.5. The lowest BCUT2D eigenvalue weighted by Crippen LogP contribution is -2.24. The molecule has 0 saturated carbocycles. The molecule has 0 atom stereocenters. The van der Waals surface area contributed by atoms with Gasteiger partial charge in [0, 0.05) is 10.0 Å². The Morgan fingerprint density at radius 2 is 1.59 bits per heavy atom. The molecule has 0 heterocycles. The van der Waals surface area contributed by atoms with Crippen LogP contribution in [0.15, 0.2) is 94.5 Å². The van der Waals surface area contributed by atoms with Gasteiger partial charge in [-0.25, -0.2) is 5.43 Å². The first-order chi connectivity index (χ1) is 20.1. The number of amides is 1. The van der Waals surface area contributed by atoms with Crippen LogP contribution < -0.4 is 19.6 Å². The molecule has 4 aromatic carbocycles. The van der Waals surface area contributed by atoms with Crippen LogP contribution in [0.5, 0.6) is 17.2 Å². The van der Waals surface area contributed by atoms with Crippen molar-refractivity contribution in [1.29, 1.82) is 0 Å². The summed E-state index contributed by atoms with van der Waals surface area (Å²) in [5.41, 5.74) is 4.39. The lowest BCUT2D eigenvalue weighted by molar-refractivity contribution is -0.123. The van der Waals surface area contributed by atoms with Gasteiger partial charge in [-0.3, -0.25) is 4.79 Å². The highest BCUT2D eigenvalue weighted by Crippen LogP contribution is 2.28. The van der Waals surface area contributed by atoms with Crippen molar-refractivity contribution in [1.82, 2.24) is 5.43 Å². The number of unbranched alkanes of at least 4 members (excludes halogenated alkanes) is 5. The van der Waals surface area contributed by atoms with E-state index in [2.05, 4.69) is 33.4 Å². The van der Waals surface area contributed by atoms with E-state index in [1.54, 1.807) is 18.3 Å². The van der Waals surface area contributed by atoms with Crippen molar-refractivity contribution >= 4 is 38.8 Å². The molecular weight excluding hydrogens is 580 g/mol. The normalized spacial score (nSPS) is 11.1. The quantitative estimate of drug-likeness (QED) is 0.0779. The number of hydrazone groups is 1. The molecule has 0 unspecified atom stereocenters. The number of nitrogens with one attached hydrogen (secondary N) is 1. The summed E-state index contributed by atoms with van der Waals surface area (Å²) < 4.78 is 18.6. The predicted molar refractivity (Wildman–Crippen MR) is 169 cm³/mol. The second kappa shape index (κ2) is 16.4. The number of halogens is 1. The number of ether oxygens (including phenoxy) is 3. The Labute approximate surface area is 250 Å². The highest BCUT2D eigenvalue weighted by molar-refractivity contribution is 9.10. The van der Waals surface area contributed by atoms with E-state index in [-0.39, 0.29) is 12.5 Å². The number of carbonyl (C=O) groups is 1. The molecule has 6 nitrogen and oxygen atoms in total. The Kier molecular flexibility index (Phi) is 12.1. The number of carbonyl (C=O) groups excluding carboxylic acids is 1. The second-order valence-corrected chi connectivity index (χ2v) is 10.7. The fourth-order valence-corrected chi connectivity index (χ4v) is 4.82. The van der Waals surface area contributed by atoms with Crippen LogP contribution in [0.4, 0.5) is 0 Å². The van der Waals surface area contributed by atoms with Crippen LogP contribution in [0.1, 0.15) is 56.6 Å². The molecule has 0 aliphatic carbocycles. The minimum absolute atomic E-state index is 0.156. The number of benzene rings is 4. The maximum atomic E-state index is 12.4. The van der Waals surface area contributed by atoms with Crippen molar-refractivity contribution in [2.24, 2.45) is 5.10 Å². The molecule has 7 heteroatoms. The van der Waals surface area contributed by atoms with Crippen molar-refractivity contribution in [2.45, 2.75) is 52.1 Å². The Morgan fingerprint density at radius 1 is 0.829 bits per heavy atom. The van der Waals surface area contributed by atoms with Crippen molar-refractivity contribution in [2.75, 3.05) is 13.2 Å². The maximum Gasteiger partial charge on any atom is 0.277 e. The van der Waals surface area contributed by atoms with E-state index in [0.717, 1.165) is 38.5 Å². The van der Waals surface area contributed by atoms with Gasteiger partial charge in [0.15, 0.2) is 6.61 Å². The predicted octanol–water partition coefficient (Wildman–Crippen LogP) is 8.45. The van der Waals surface area contributed by atoms with Crippen molar-refractivity contribution in [3.05, 3.63) is 101 Å². The van der Waals surface area contributed by atoms with Crippen molar-refractivity contribution < 1.29 is 19.0 Å². The molecule has 41 heavy (non-hydrogen) atoms. The summed E-state index contributed by atoms with van der Waals surface area (Å²) in [4.78, 5) is 12.4. The molecule has 1 N–H and O–H groups in total. The van der Waals surface area contributed by atoms with Crippen LogP contribution >= 0.6 is 15.9 Å². The third-order valence-electron chi connectivity index (χ3n) is 6.56. The SMILES string of the molecule is CCCCCCCCOc1ccc(OCC(=O)N/N=C/c2c(OCc3cccc(Br)c3)ccc3ccccc23)cc1. The van der Waals surface area contributed by atoms with Crippen LogP contribution in [-0.2, 0) is 11.4 Å². The van der Waals surface area contributed by atoms with E-state index in [1.165, 1.54) is 32.1 Å². The average Bonchev–Trinajstić information content (AvgIpc) is 2.99. The summed E-state index contributed by atoms with van der Waals surface area (Å²) in [5, 5.41) is 6.23. The monoisotopic (exact) mass is 616 g/mol. The van der Waals surface area contributed by atoms with Gasteiger partial charge in [-0.1, -0.05) is 97.4 Å². The topological polar surface area (TPSA) is 69.2 Å². The summed E-state index contributed by atoms with van der Waals surface area (Å²) in [5.74, 6) is 1.71. The van der Waals surface area contributed by atoms with E-state index in [9.17, 15) is 4.79 Å². The first-order valence-electron chi connectivity index (χ1n) is 14.2. The van der Waals surface area contributed by atoms with Gasteiger partial charge in [-0.2, -0.15) is 5.10 Å². The number of nitrogens with zero attached hydrogens (tertiary/aromatic N) is 1. The van der Waals surface area contributed by atoms with E-state index in [1.807, 2.05) is 72.8 Å². The van der Waals surface area contributed by atoms with Crippen LogP contribution in [0.25, 0.3) is 10.8 Å². The number of hydrogen-bond donors (Lipinski definition) is 1. The van der Waals surface area contributed by atoms with Gasteiger partial charge in [0.25, 0.3) is 5.91 Å². The summed E-state index contributed by atoms with van der Waals surface area (Å²) >= 11 is 3.50. The van der Waals surface area contributed by atoms with Gasteiger partial charge in [0.1, 0.15) is 23.9 Å². The van der Waals surface area contributed by atoms with Gasteiger partial charge in [0.05, 0.1) is 12.8 Å². The fourth-order valence-electron chi connectivity index (χ4n) is 4.38. The van der Waals surface area contributed by atoms with Crippen molar-refractivity contribution in [3.63, 3.8) is 0 Å². The summed E-state index contributed by atoms with van der Waals surface area (Å²) in [6.45, 7) is 3.18. The van der Waals surface area contributed by atoms with Gasteiger partial charge in [0.2, 0.25) is 0 Å². The van der Waals surface area contributed by atoms with Gasteiger partial charge < -0.3 is 14.2 Å². The second-order valence-electron chi connectivity index (χ2n) is 9.79. The summed E-state index contributed by atoms with van der Waals surface area (Å²) in [6.07, 6.45) is 8.99. The number of fused-ring (bicyclic) bond motifs is 1. The fraction of sp³-hybridized carbons (Fsp3) is 0.294. The van der Waals surface area contributed by atoms with E-state index >= 15 is 0 Å². The average molecular weight is 618 g/mol. The zero-order valence-corrected chi connectivity index (χ0v) is 25.1. The summed E-state index contributed by atoms with van der Waals surface area (Å²) in [6, 6.07) is 27.2. The zero-order chi connectivity index (χ0) is 28.7. The van der Waals surface area contributed by atoms with E-state index in [4.69, 9.17) is 14.2 Å². The Balaban J connectivity index is 1.27. The lowest BCUT2D eigenvalue weighted by Gasteiger charge is -2.12. The summed E-state index contributed by atoms with van der Waals surface area (Å²) in [7, 11) is 0. The molecule has 0 bridgehead atoms. The molecule has 0 radical (unpaired) electrons. The largest absolute Gasteiger partial charge is 0.494 e. The maximum absolute atomic E-state index is 12.4. The van der Waals surface area contributed by atoms with Crippen LogP contribution in [0.2, 0.25) is 0 Å². The number of rotatable bonds is 16. The molecule has 0 fully saturated rings. The van der Waals surface area contributed by atoms with Crippen LogP contribution in [0, 0.1) is 0 Å². The Hall–Kier alpha value is -3.84. The Bertz CT molecular complexity index is 1420. The Morgan fingerprint density at radius 3 is 2.39 bits per heavy atom. The highest BCUT2D eigenvalue weighted by Gasteiger charge is 2.09. The molecule has 0 spiro atoms. The molecular formula is C34H37BrN2O4. The minimum Gasteiger partial charge on any atom is -0.494 e. The van der Waals surface area contributed by atoms with Gasteiger partial charge >= 0.3 is 0 Å². The van der Waals surface area contributed by atoms with Crippen LogP contribution in [-0.4, -0.2) is 25.3 Å². The first-order valence-corrected chi connectivity index (χ1v) is 15.0. The van der Waals surface area contributed by atoms with Crippen molar-refractivity contribution in [3.8, 4) is 17.2 Å². The standard InChI is InChI=1S/C34H37BrN2O4/c1-2-3-4-5-6-9-21-39-29-16-18-30(19-17-29)40-25-34(38)37-36-23-32-31-14-8-7-12-27(31)15-20-33(32)41-24-26-11-10-13-28(35)22-26/h7-8,10-20,22-23H,2-6,9,21,24-25H2,1H3,(H,37,38)/b36-23+. The lowest BCUT2D eigenvalue weighted by atomic mass is 10.0. The third-order valence-corrected chi connectivity index (χ3v) is 7.05.